The predicted octanol–water partition coefficient (Wildman–Crippen LogP) is 8.82. The SMILES string of the molecule is Cc1cc(/C=C(/CC[C@H]2OB(O)C[C@H]3C2=C(CO[Si](c2ccccc2)(c2ccccc2)C(C)(C)C)C[C@H]2C(=O)N(c4cccc([N+](=O)[O-])c4)C(=O)[C@H]23)c2ccccc2)cc(C)c1O. The molecule has 2 N–H and O–H groups in total. The normalized spacial score (nSPS) is 20.5. The first-order valence-corrected chi connectivity index (χ1v) is 23.6. The van der Waals surface area contributed by atoms with E-state index in [1.807, 2.05) is 80.6 Å². The molecule has 3 aliphatic rings. The number of imide groups is 1. The lowest BCUT2D eigenvalue weighted by atomic mass is 9.58. The van der Waals surface area contributed by atoms with Crippen molar-refractivity contribution >= 4 is 60.6 Å². The number of hydrogen-bond donors (Lipinski definition) is 2. The highest BCUT2D eigenvalue weighted by molar-refractivity contribution is 6.99. The van der Waals surface area contributed by atoms with Gasteiger partial charge in [-0.2, -0.15) is 0 Å². The summed E-state index contributed by atoms with van der Waals surface area (Å²) in [4.78, 5) is 41.7. The second kappa shape index (κ2) is 17.7. The van der Waals surface area contributed by atoms with E-state index in [4.69, 9.17) is 9.08 Å². The van der Waals surface area contributed by atoms with E-state index in [0.29, 0.717) is 12.8 Å². The lowest BCUT2D eigenvalue weighted by Gasteiger charge is -2.46. The molecule has 0 aromatic heterocycles. The number of amides is 2. The molecule has 0 bridgehead atoms. The lowest BCUT2D eigenvalue weighted by molar-refractivity contribution is -0.384. The predicted molar refractivity (Wildman–Crippen MR) is 250 cm³/mol. The molecule has 63 heavy (non-hydrogen) atoms. The Hall–Kier alpha value is -5.92. The van der Waals surface area contributed by atoms with Crippen LogP contribution in [0.3, 0.4) is 0 Å². The Labute approximate surface area is 370 Å². The van der Waals surface area contributed by atoms with Gasteiger partial charge in [-0.1, -0.05) is 124 Å². The number of rotatable bonds is 12. The molecule has 2 aliphatic heterocycles. The van der Waals surface area contributed by atoms with Crippen LogP contribution in [0.1, 0.15) is 62.3 Å². The first-order valence-electron chi connectivity index (χ1n) is 21.7. The van der Waals surface area contributed by atoms with Gasteiger partial charge in [-0.3, -0.25) is 19.7 Å². The van der Waals surface area contributed by atoms with Gasteiger partial charge in [0.05, 0.1) is 35.2 Å². The maximum atomic E-state index is 14.7. The van der Waals surface area contributed by atoms with Crippen LogP contribution in [0.15, 0.2) is 139 Å². The molecule has 4 atom stereocenters. The number of carbonyl (C=O) groups excluding carboxylic acids is 2. The number of nitrogens with zero attached hydrogens (tertiary/aromatic N) is 2. The molecule has 12 heteroatoms. The number of nitro groups is 1. The second-order valence-corrected chi connectivity index (χ2v) is 22.4. The first kappa shape index (κ1) is 43.7. The molecule has 2 amide bonds. The standard InChI is InChI=1S/C51H53BN2O8Si/c1-33-26-35(27-34(2)48(33)55)28-37(36-16-9-6-10-17-36)24-25-45-46-38(32-61-63(51(3,4)5,41-20-11-7-12-21-41)42-22-13-8-14-23-42)29-43-47(44(46)31-52(58)62-45)50(57)53(49(43)56)39-18-15-19-40(30-39)54(59)60/h6-23,26-28,30,43-45,47,55,58H,24-25,29,31-32H2,1-5H3/b37-28-/t43-,44+,45-,47-/m1/s1. The topological polar surface area (TPSA) is 139 Å². The molecule has 322 valence electrons. The van der Waals surface area contributed by atoms with Gasteiger partial charge in [0.2, 0.25) is 11.8 Å². The average molecular weight is 861 g/mol. The van der Waals surface area contributed by atoms with E-state index < -0.39 is 56.0 Å². The summed E-state index contributed by atoms with van der Waals surface area (Å²) in [5, 5.41) is 35.8. The summed E-state index contributed by atoms with van der Waals surface area (Å²) >= 11 is 0. The fourth-order valence-electron chi connectivity index (χ4n) is 10.4. The molecule has 0 radical (unpaired) electrons. The third kappa shape index (κ3) is 8.36. The van der Waals surface area contributed by atoms with E-state index in [1.54, 1.807) is 6.07 Å². The van der Waals surface area contributed by atoms with Gasteiger partial charge >= 0.3 is 7.12 Å². The summed E-state index contributed by atoms with van der Waals surface area (Å²) in [5.74, 6) is -2.72. The van der Waals surface area contributed by atoms with Crippen molar-refractivity contribution in [3.8, 4) is 5.75 Å². The largest absolute Gasteiger partial charge is 0.507 e. The third-order valence-corrected chi connectivity index (χ3v) is 18.1. The molecule has 5 aromatic rings. The number of anilines is 1. The summed E-state index contributed by atoms with van der Waals surface area (Å²) < 4.78 is 14.1. The Morgan fingerprint density at radius 2 is 1.48 bits per heavy atom. The van der Waals surface area contributed by atoms with Crippen LogP contribution >= 0.6 is 0 Å². The van der Waals surface area contributed by atoms with Crippen molar-refractivity contribution in [3.63, 3.8) is 0 Å². The van der Waals surface area contributed by atoms with Gasteiger partial charge in [0.15, 0.2) is 0 Å². The zero-order chi connectivity index (χ0) is 44.6. The number of aryl methyl sites for hydroxylation is 2. The van der Waals surface area contributed by atoms with E-state index in [2.05, 4.69) is 63.2 Å². The van der Waals surface area contributed by atoms with Crippen molar-refractivity contribution in [2.75, 3.05) is 11.5 Å². The molecule has 10 nitrogen and oxygen atoms in total. The number of carbonyl (C=O) groups is 2. The Kier molecular flexibility index (Phi) is 12.3. The highest BCUT2D eigenvalue weighted by Gasteiger charge is 2.58. The minimum atomic E-state index is -3.09. The van der Waals surface area contributed by atoms with Crippen molar-refractivity contribution in [3.05, 3.63) is 171 Å². The Morgan fingerprint density at radius 1 is 0.873 bits per heavy atom. The van der Waals surface area contributed by atoms with E-state index >= 15 is 0 Å². The van der Waals surface area contributed by atoms with E-state index in [0.717, 1.165) is 54.2 Å². The minimum Gasteiger partial charge on any atom is -0.507 e. The van der Waals surface area contributed by atoms with Crippen LogP contribution in [0.25, 0.3) is 11.6 Å². The summed E-state index contributed by atoms with van der Waals surface area (Å²) in [6, 6.07) is 40.3. The molecule has 8 rings (SSSR count). The average Bonchev–Trinajstić information content (AvgIpc) is 3.52. The van der Waals surface area contributed by atoms with Crippen molar-refractivity contribution in [2.24, 2.45) is 17.8 Å². The van der Waals surface area contributed by atoms with E-state index in [-0.39, 0.29) is 41.5 Å². The van der Waals surface area contributed by atoms with Crippen molar-refractivity contribution in [1.82, 2.24) is 0 Å². The monoisotopic (exact) mass is 860 g/mol. The van der Waals surface area contributed by atoms with Crippen LogP contribution in [0.4, 0.5) is 11.4 Å². The number of benzene rings is 5. The van der Waals surface area contributed by atoms with Crippen LogP contribution in [0, 0.1) is 41.7 Å². The number of hydrogen-bond acceptors (Lipinski definition) is 8. The van der Waals surface area contributed by atoms with E-state index in [9.17, 15) is 29.8 Å². The molecular weight excluding hydrogens is 807 g/mol. The number of aromatic hydroxyl groups is 1. The van der Waals surface area contributed by atoms with Crippen molar-refractivity contribution in [1.29, 1.82) is 0 Å². The Balaban J connectivity index is 1.24. The molecule has 0 spiro atoms. The summed E-state index contributed by atoms with van der Waals surface area (Å²) in [6.07, 6.45) is 2.83. The quantitative estimate of drug-likeness (QED) is 0.0317. The number of allylic oxidation sites excluding steroid dienone is 1. The van der Waals surface area contributed by atoms with Gasteiger partial charge < -0.3 is 19.2 Å². The number of nitro benzene ring substituents is 1. The number of phenolic OH excluding ortho intramolecular Hbond substituents is 1. The van der Waals surface area contributed by atoms with Crippen LogP contribution in [-0.4, -0.2) is 55.0 Å². The van der Waals surface area contributed by atoms with E-state index in [1.165, 1.54) is 18.2 Å². The third-order valence-electron chi connectivity index (χ3n) is 13.2. The molecule has 2 fully saturated rings. The van der Waals surface area contributed by atoms with Crippen LogP contribution in [0.5, 0.6) is 5.75 Å². The molecule has 1 aliphatic carbocycles. The maximum Gasteiger partial charge on any atom is 0.455 e. The highest BCUT2D eigenvalue weighted by atomic mass is 28.4. The minimum absolute atomic E-state index is 0.102. The molecule has 5 aromatic carbocycles. The van der Waals surface area contributed by atoms with Gasteiger partial charge in [-0.15, -0.1) is 0 Å². The van der Waals surface area contributed by atoms with Gasteiger partial charge in [0, 0.05) is 12.1 Å². The smallest absolute Gasteiger partial charge is 0.455 e. The fourth-order valence-corrected chi connectivity index (χ4v) is 14.9. The number of fused-ring (bicyclic) bond motifs is 3. The van der Waals surface area contributed by atoms with Gasteiger partial charge in [-0.25, -0.2) is 4.90 Å². The number of phenols is 1. The zero-order valence-corrected chi connectivity index (χ0v) is 37.4. The van der Waals surface area contributed by atoms with Crippen molar-refractivity contribution in [2.45, 2.75) is 71.3 Å². The van der Waals surface area contributed by atoms with Gasteiger partial charge in [0.1, 0.15) is 5.75 Å². The number of non-ortho nitro benzene ring substituents is 1. The lowest BCUT2D eigenvalue weighted by Crippen LogP contribution is -2.66. The molecular formula is C51H53BN2O8Si. The summed E-state index contributed by atoms with van der Waals surface area (Å²) in [7, 11) is -4.29. The maximum absolute atomic E-state index is 14.7. The van der Waals surface area contributed by atoms with Crippen LogP contribution in [0.2, 0.25) is 11.4 Å². The molecule has 0 saturated carbocycles. The Bertz CT molecular complexity index is 2530. The Morgan fingerprint density at radius 3 is 2.06 bits per heavy atom. The summed E-state index contributed by atoms with van der Waals surface area (Å²) in [6.45, 7) is 10.6. The summed E-state index contributed by atoms with van der Waals surface area (Å²) in [5.41, 5.74) is 6.24. The molecule has 0 unspecified atom stereocenters. The van der Waals surface area contributed by atoms with Gasteiger partial charge in [-0.05, 0) is 118 Å². The first-order chi connectivity index (χ1) is 30.2. The van der Waals surface area contributed by atoms with Crippen molar-refractivity contribution < 1.29 is 33.7 Å². The van der Waals surface area contributed by atoms with Crippen LogP contribution in [-0.2, 0) is 18.7 Å². The fraction of sp³-hybridized carbons (Fsp3) is 0.294. The molecule has 2 saturated heterocycles. The van der Waals surface area contributed by atoms with Crippen LogP contribution < -0.4 is 15.3 Å². The van der Waals surface area contributed by atoms with Gasteiger partial charge in [0.25, 0.3) is 14.0 Å². The zero-order valence-electron chi connectivity index (χ0n) is 36.4. The highest BCUT2D eigenvalue weighted by Crippen LogP contribution is 2.52. The molecule has 2 heterocycles. The second-order valence-electron chi connectivity index (χ2n) is 18.1.